The number of nitrogens with one attached hydrogen (secondary N) is 2. The van der Waals surface area contributed by atoms with Crippen molar-refractivity contribution in [1.82, 2.24) is 10.3 Å². The molecule has 4 rings (SSSR count). The second-order valence-corrected chi connectivity index (χ2v) is 7.92. The van der Waals surface area contributed by atoms with Gasteiger partial charge < -0.3 is 15.7 Å². The van der Waals surface area contributed by atoms with E-state index in [1.165, 1.54) is 29.2 Å². The number of nitriles is 1. The molecule has 0 atom stereocenters. The van der Waals surface area contributed by atoms with Gasteiger partial charge in [0.1, 0.15) is 17.3 Å². The average molecular weight is 496 g/mol. The number of aromatic nitrogens is 1. The smallest absolute Gasteiger partial charge is 0.334 e. The molecular formula is C25H23F3N6O2. The fraction of sp³-hybridized carbons (Fsp3) is 0.240. The number of urea groups is 1. The van der Waals surface area contributed by atoms with Gasteiger partial charge in [-0.2, -0.15) is 5.26 Å². The number of carbonyl (C=O) groups excluding carboxylic acids is 1. The van der Waals surface area contributed by atoms with Gasteiger partial charge in [-0.1, -0.05) is 6.07 Å². The van der Waals surface area contributed by atoms with E-state index >= 15 is 8.78 Å². The summed E-state index contributed by atoms with van der Waals surface area (Å²) >= 11 is 0. The lowest BCUT2D eigenvalue weighted by atomic mass is 10.0. The number of fused-ring (bicyclic) bond motifs is 3. The number of anilines is 4. The number of aliphatic hydroxyl groups excluding tert-OH is 1. The van der Waals surface area contributed by atoms with Crippen LogP contribution in [0.25, 0.3) is 11.1 Å². The van der Waals surface area contributed by atoms with Crippen LogP contribution in [-0.4, -0.2) is 48.9 Å². The first-order valence-corrected chi connectivity index (χ1v) is 11.3. The first-order valence-electron chi connectivity index (χ1n) is 11.3. The molecule has 2 amide bonds. The van der Waals surface area contributed by atoms with Crippen LogP contribution < -0.4 is 20.4 Å². The topological polar surface area (TPSA) is 105 Å². The number of benzene rings is 2. The number of halogens is 3. The third kappa shape index (κ3) is 4.68. The average Bonchev–Trinajstić information content (AvgIpc) is 2.95. The maximum atomic E-state index is 15.5. The molecule has 0 saturated heterocycles. The largest absolute Gasteiger partial charge is 0.395 e. The van der Waals surface area contributed by atoms with Crippen molar-refractivity contribution in [3.8, 4) is 17.2 Å². The molecule has 1 aliphatic rings. The molecule has 0 unspecified atom stereocenters. The number of pyridine rings is 1. The maximum absolute atomic E-state index is 15.5. The van der Waals surface area contributed by atoms with Gasteiger partial charge in [-0.05, 0) is 37.3 Å². The van der Waals surface area contributed by atoms with Crippen molar-refractivity contribution >= 4 is 28.9 Å². The Labute approximate surface area is 205 Å². The van der Waals surface area contributed by atoms with Crippen molar-refractivity contribution in [2.24, 2.45) is 0 Å². The summed E-state index contributed by atoms with van der Waals surface area (Å²) in [6.45, 7) is 2.90. The number of hydrogen-bond donors (Lipinski definition) is 3. The number of aliphatic hydroxyl groups is 1. The van der Waals surface area contributed by atoms with E-state index < -0.39 is 29.2 Å². The van der Waals surface area contributed by atoms with E-state index in [2.05, 4.69) is 15.6 Å². The fourth-order valence-corrected chi connectivity index (χ4v) is 4.06. The lowest BCUT2D eigenvalue weighted by Crippen LogP contribution is -2.41. The van der Waals surface area contributed by atoms with Crippen molar-refractivity contribution < 1.29 is 23.1 Å². The van der Waals surface area contributed by atoms with Crippen LogP contribution in [0.3, 0.4) is 0 Å². The van der Waals surface area contributed by atoms with Gasteiger partial charge in [0.2, 0.25) is 0 Å². The number of hydrogen-bond acceptors (Lipinski definition) is 6. The van der Waals surface area contributed by atoms with Crippen LogP contribution in [-0.2, 0) is 0 Å². The maximum Gasteiger partial charge on any atom is 0.334 e. The van der Waals surface area contributed by atoms with E-state index in [0.717, 1.165) is 23.2 Å². The summed E-state index contributed by atoms with van der Waals surface area (Å²) in [5, 5.41) is 24.1. The molecule has 11 heteroatoms. The van der Waals surface area contributed by atoms with Gasteiger partial charge in [0.15, 0.2) is 11.6 Å². The van der Waals surface area contributed by atoms with E-state index in [4.69, 9.17) is 5.11 Å². The van der Waals surface area contributed by atoms with E-state index in [1.807, 2.05) is 6.07 Å². The highest BCUT2D eigenvalue weighted by Gasteiger charge is 2.36. The Morgan fingerprint density at radius 2 is 1.81 bits per heavy atom. The van der Waals surface area contributed by atoms with Gasteiger partial charge in [0.25, 0.3) is 0 Å². The normalized spacial score (nSPS) is 12.6. The third-order valence-electron chi connectivity index (χ3n) is 5.65. The summed E-state index contributed by atoms with van der Waals surface area (Å²) in [6.07, 6.45) is 0.963. The van der Waals surface area contributed by atoms with Crippen molar-refractivity contribution in [2.45, 2.75) is 6.92 Å². The molecule has 1 aromatic heterocycles. The lowest BCUT2D eigenvalue weighted by Gasteiger charge is -2.28. The van der Waals surface area contributed by atoms with E-state index in [-0.39, 0.29) is 47.0 Å². The van der Waals surface area contributed by atoms with Crippen LogP contribution in [0.4, 0.5) is 40.8 Å². The van der Waals surface area contributed by atoms with Crippen LogP contribution in [0.1, 0.15) is 12.5 Å². The number of rotatable bonds is 8. The summed E-state index contributed by atoms with van der Waals surface area (Å²) in [7, 11) is 0. The summed E-state index contributed by atoms with van der Waals surface area (Å²) in [5.74, 6) is -2.54. The standard InChI is InChI=1S/C25H23F3N6O2/c1-2-33-24-19(10-16(26)14-32-24)18-4-3-15(13-29)9-22(18)34(25(33)36)23-20(27)11-17(12-21(23)28)31-6-5-30-7-8-35/h3-4,9-12,14,30-31,35H,2,5-8H2,1H3. The number of nitrogens with zero attached hydrogens (tertiary/aromatic N) is 4. The summed E-state index contributed by atoms with van der Waals surface area (Å²) < 4.78 is 45.1. The van der Waals surface area contributed by atoms with Gasteiger partial charge in [-0.15, -0.1) is 0 Å². The van der Waals surface area contributed by atoms with Crippen LogP contribution in [0.2, 0.25) is 0 Å². The summed E-state index contributed by atoms with van der Waals surface area (Å²) in [5.41, 5.74) is 0.240. The fourth-order valence-electron chi connectivity index (χ4n) is 4.06. The Morgan fingerprint density at radius 3 is 2.47 bits per heavy atom. The van der Waals surface area contributed by atoms with E-state index in [1.54, 1.807) is 6.92 Å². The summed E-state index contributed by atoms with van der Waals surface area (Å²) in [4.78, 5) is 19.8. The van der Waals surface area contributed by atoms with Crippen molar-refractivity contribution in [3.05, 3.63) is 65.6 Å². The Morgan fingerprint density at radius 1 is 1.06 bits per heavy atom. The van der Waals surface area contributed by atoms with Gasteiger partial charge in [0.05, 0.1) is 30.1 Å². The quantitative estimate of drug-likeness (QED) is 0.405. The zero-order valence-corrected chi connectivity index (χ0v) is 19.4. The predicted molar refractivity (Wildman–Crippen MR) is 130 cm³/mol. The Hall–Kier alpha value is -4.14. The number of amides is 2. The van der Waals surface area contributed by atoms with E-state index in [0.29, 0.717) is 19.6 Å². The highest BCUT2D eigenvalue weighted by Crippen LogP contribution is 2.45. The molecule has 0 spiro atoms. The Bertz CT molecular complexity index is 1320. The Balaban J connectivity index is 1.84. The zero-order valence-electron chi connectivity index (χ0n) is 19.4. The van der Waals surface area contributed by atoms with Gasteiger partial charge in [-0.25, -0.2) is 22.9 Å². The molecular weight excluding hydrogens is 473 g/mol. The molecule has 2 heterocycles. The molecule has 2 aromatic carbocycles. The number of carbonyl (C=O) groups is 1. The lowest BCUT2D eigenvalue weighted by molar-refractivity contribution is 0.253. The van der Waals surface area contributed by atoms with Crippen LogP contribution >= 0.6 is 0 Å². The van der Waals surface area contributed by atoms with Crippen LogP contribution in [0, 0.1) is 28.8 Å². The molecule has 0 aliphatic carbocycles. The minimum Gasteiger partial charge on any atom is -0.395 e. The Kier molecular flexibility index (Phi) is 7.38. The van der Waals surface area contributed by atoms with E-state index in [9.17, 15) is 14.4 Å². The van der Waals surface area contributed by atoms with Crippen LogP contribution in [0.15, 0.2) is 42.6 Å². The second-order valence-electron chi connectivity index (χ2n) is 7.92. The zero-order chi connectivity index (χ0) is 25.8. The molecule has 0 radical (unpaired) electrons. The predicted octanol–water partition coefficient (Wildman–Crippen LogP) is 4.13. The van der Waals surface area contributed by atoms with Crippen molar-refractivity contribution in [3.63, 3.8) is 0 Å². The minimum absolute atomic E-state index is 0.0235. The SMILES string of the molecule is CCN1C(=O)N(c2c(F)cc(NCCNCCO)cc2F)c2cc(C#N)ccc2-c2cc(F)cnc21. The summed E-state index contributed by atoms with van der Waals surface area (Å²) in [6, 6.07) is 8.78. The van der Waals surface area contributed by atoms with Crippen LogP contribution in [0.5, 0.6) is 0 Å². The molecule has 8 nitrogen and oxygen atoms in total. The molecule has 0 bridgehead atoms. The highest BCUT2D eigenvalue weighted by atomic mass is 19.1. The molecule has 36 heavy (non-hydrogen) atoms. The molecule has 0 fully saturated rings. The molecule has 3 N–H and O–H groups in total. The van der Waals surface area contributed by atoms with Gasteiger partial charge in [0, 0.05) is 43.0 Å². The van der Waals surface area contributed by atoms with Crippen molar-refractivity contribution in [1.29, 1.82) is 5.26 Å². The molecule has 1 aliphatic heterocycles. The first kappa shape index (κ1) is 25.0. The van der Waals surface area contributed by atoms with Gasteiger partial charge in [-0.3, -0.25) is 9.80 Å². The highest BCUT2D eigenvalue weighted by molar-refractivity contribution is 6.14. The monoisotopic (exact) mass is 496 g/mol. The van der Waals surface area contributed by atoms with Gasteiger partial charge >= 0.3 is 6.03 Å². The van der Waals surface area contributed by atoms with Crippen molar-refractivity contribution in [2.75, 3.05) is 47.9 Å². The third-order valence-corrected chi connectivity index (χ3v) is 5.65. The minimum atomic E-state index is -1.01. The molecule has 3 aromatic rings. The molecule has 186 valence electrons. The first-order chi connectivity index (χ1) is 17.4. The molecule has 0 saturated carbocycles. The second kappa shape index (κ2) is 10.6.